The first kappa shape index (κ1) is 22.0. The summed E-state index contributed by atoms with van der Waals surface area (Å²) < 4.78 is 16.5. The zero-order valence-electron chi connectivity index (χ0n) is 18.1. The fraction of sp³-hybridized carbons (Fsp3) is 0.619. The number of aliphatic hydroxyl groups is 1. The van der Waals surface area contributed by atoms with Crippen molar-refractivity contribution >= 4 is 12.1 Å². The molecule has 30 heavy (non-hydrogen) atoms. The number of piperazine rings is 1. The topological polar surface area (TPSA) is 91.8 Å². The SMILES string of the molecule is COc1ccc2c(c1)CN(C(=O)N1CCN(C(=O)OC(C)(C)C)CC1)C(CO)CO2. The van der Waals surface area contributed by atoms with E-state index in [1.165, 1.54) is 0 Å². The van der Waals surface area contributed by atoms with Gasteiger partial charge in [-0.25, -0.2) is 9.59 Å². The van der Waals surface area contributed by atoms with E-state index in [-0.39, 0.29) is 25.3 Å². The molecule has 1 fully saturated rings. The van der Waals surface area contributed by atoms with Gasteiger partial charge in [0.1, 0.15) is 23.7 Å². The van der Waals surface area contributed by atoms with Gasteiger partial charge in [-0.05, 0) is 39.0 Å². The summed E-state index contributed by atoms with van der Waals surface area (Å²) >= 11 is 0. The van der Waals surface area contributed by atoms with E-state index in [1.807, 2.05) is 32.9 Å². The van der Waals surface area contributed by atoms with Crippen molar-refractivity contribution in [1.82, 2.24) is 14.7 Å². The Morgan fingerprint density at radius 2 is 1.83 bits per heavy atom. The first-order valence-electron chi connectivity index (χ1n) is 10.2. The van der Waals surface area contributed by atoms with E-state index in [0.29, 0.717) is 44.2 Å². The molecule has 2 aliphatic rings. The van der Waals surface area contributed by atoms with Gasteiger partial charge in [0.15, 0.2) is 0 Å². The molecule has 1 aromatic rings. The Balaban J connectivity index is 1.68. The van der Waals surface area contributed by atoms with E-state index in [9.17, 15) is 14.7 Å². The van der Waals surface area contributed by atoms with Crippen LogP contribution in [0.4, 0.5) is 9.59 Å². The number of carbonyl (C=O) groups is 2. The number of fused-ring (bicyclic) bond motifs is 1. The monoisotopic (exact) mass is 421 g/mol. The van der Waals surface area contributed by atoms with Gasteiger partial charge in [-0.1, -0.05) is 0 Å². The van der Waals surface area contributed by atoms with Gasteiger partial charge in [-0.15, -0.1) is 0 Å². The van der Waals surface area contributed by atoms with Crippen molar-refractivity contribution in [3.8, 4) is 11.5 Å². The highest BCUT2D eigenvalue weighted by molar-refractivity contribution is 5.76. The second-order valence-electron chi connectivity index (χ2n) is 8.49. The normalized spacial score (nSPS) is 19.5. The van der Waals surface area contributed by atoms with Crippen molar-refractivity contribution in [1.29, 1.82) is 0 Å². The highest BCUT2D eigenvalue weighted by atomic mass is 16.6. The third-order valence-electron chi connectivity index (χ3n) is 5.14. The first-order chi connectivity index (χ1) is 14.2. The van der Waals surface area contributed by atoms with Crippen LogP contribution in [0.3, 0.4) is 0 Å². The van der Waals surface area contributed by atoms with Crippen LogP contribution >= 0.6 is 0 Å². The number of urea groups is 1. The quantitative estimate of drug-likeness (QED) is 0.785. The summed E-state index contributed by atoms with van der Waals surface area (Å²) in [6.07, 6.45) is -0.368. The van der Waals surface area contributed by atoms with Crippen molar-refractivity contribution in [3.05, 3.63) is 23.8 Å². The third kappa shape index (κ3) is 5.08. The summed E-state index contributed by atoms with van der Waals surface area (Å²) in [5.41, 5.74) is 0.268. The molecule has 9 heteroatoms. The number of hydrogen-bond donors (Lipinski definition) is 1. The number of aliphatic hydroxyl groups excluding tert-OH is 1. The van der Waals surface area contributed by atoms with E-state index < -0.39 is 11.6 Å². The Hall–Kier alpha value is -2.68. The second kappa shape index (κ2) is 8.99. The number of rotatable bonds is 2. The maximum atomic E-state index is 13.3. The number of ether oxygens (including phenoxy) is 3. The van der Waals surface area contributed by atoms with Gasteiger partial charge in [0, 0.05) is 31.7 Å². The maximum absolute atomic E-state index is 13.3. The van der Waals surface area contributed by atoms with Crippen molar-refractivity contribution in [3.63, 3.8) is 0 Å². The molecule has 2 aliphatic heterocycles. The summed E-state index contributed by atoms with van der Waals surface area (Å²) in [6.45, 7) is 7.41. The third-order valence-corrected chi connectivity index (χ3v) is 5.14. The van der Waals surface area contributed by atoms with Crippen molar-refractivity contribution in [2.75, 3.05) is 46.5 Å². The lowest BCUT2D eigenvalue weighted by Gasteiger charge is -2.39. The molecule has 0 aromatic heterocycles. The lowest BCUT2D eigenvalue weighted by molar-refractivity contribution is 0.0141. The van der Waals surface area contributed by atoms with Crippen LogP contribution in [0.15, 0.2) is 18.2 Å². The Labute approximate surface area is 177 Å². The Morgan fingerprint density at radius 1 is 1.17 bits per heavy atom. The molecule has 0 radical (unpaired) electrons. The van der Waals surface area contributed by atoms with Gasteiger partial charge in [-0.2, -0.15) is 0 Å². The number of nitrogens with zero attached hydrogens (tertiary/aromatic N) is 3. The fourth-order valence-electron chi connectivity index (χ4n) is 3.50. The van der Waals surface area contributed by atoms with E-state index in [0.717, 1.165) is 5.56 Å². The lowest BCUT2D eigenvalue weighted by Crippen LogP contribution is -2.57. The smallest absolute Gasteiger partial charge is 0.410 e. The zero-order valence-corrected chi connectivity index (χ0v) is 18.1. The molecule has 1 aromatic carbocycles. The Kier molecular flexibility index (Phi) is 6.60. The number of methoxy groups -OCH3 is 1. The van der Waals surface area contributed by atoms with Crippen LogP contribution in [0, 0.1) is 0 Å². The van der Waals surface area contributed by atoms with Gasteiger partial charge in [0.2, 0.25) is 0 Å². The van der Waals surface area contributed by atoms with Crippen LogP contribution in [-0.4, -0.2) is 90.1 Å². The minimum absolute atomic E-state index is 0.183. The maximum Gasteiger partial charge on any atom is 0.410 e. The number of hydrogen-bond acceptors (Lipinski definition) is 6. The van der Waals surface area contributed by atoms with Crippen molar-refractivity contribution in [2.24, 2.45) is 0 Å². The molecule has 3 amide bonds. The van der Waals surface area contributed by atoms with E-state index >= 15 is 0 Å². The van der Waals surface area contributed by atoms with Crippen LogP contribution in [0.2, 0.25) is 0 Å². The Morgan fingerprint density at radius 3 is 2.43 bits per heavy atom. The predicted molar refractivity (Wildman–Crippen MR) is 110 cm³/mol. The number of benzene rings is 1. The molecule has 9 nitrogen and oxygen atoms in total. The molecule has 166 valence electrons. The van der Waals surface area contributed by atoms with Gasteiger partial charge in [0.05, 0.1) is 26.3 Å². The lowest BCUT2D eigenvalue weighted by atomic mass is 10.1. The second-order valence-corrected chi connectivity index (χ2v) is 8.49. The van der Waals surface area contributed by atoms with Gasteiger partial charge in [0.25, 0.3) is 0 Å². The van der Waals surface area contributed by atoms with Crippen LogP contribution < -0.4 is 9.47 Å². The Bertz CT molecular complexity index is 770. The minimum atomic E-state index is -0.557. The average molecular weight is 421 g/mol. The molecule has 0 spiro atoms. The largest absolute Gasteiger partial charge is 0.497 e. The van der Waals surface area contributed by atoms with Crippen LogP contribution in [0.25, 0.3) is 0 Å². The van der Waals surface area contributed by atoms with E-state index in [1.54, 1.807) is 27.9 Å². The number of amides is 3. The predicted octanol–water partition coefficient (Wildman–Crippen LogP) is 1.92. The van der Waals surface area contributed by atoms with Crippen LogP contribution in [0.5, 0.6) is 11.5 Å². The summed E-state index contributed by atoms with van der Waals surface area (Å²) in [6, 6.07) is 4.82. The molecule has 0 saturated carbocycles. The van der Waals surface area contributed by atoms with Gasteiger partial charge < -0.3 is 34.0 Å². The van der Waals surface area contributed by atoms with Gasteiger partial charge in [-0.3, -0.25) is 0 Å². The molecule has 3 rings (SSSR count). The highest BCUT2D eigenvalue weighted by Gasteiger charge is 2.34. The van der Waals surface area contributed by atoms with Crippen molar-refractivity contribution in [2.45, 2.75) is 39.0 Å². The minimum Gasteiger partial charge on any atom is -0.497 e. The van der Waals surface area contributed by atoms with E-state index in [4.69, 9.17) is 14.2 Å². The number of carbonyl (C=O) groups excluding carboxylic acids is 2. The van der Waals surface area contributed by atoms with Gasteiger partial charge >= 0.3 is 12.1 Å². The fourth-order valence-corrected chi connectivity index (χ4v) is 3.50. The van der Waals surface area contributed by atoms with Crippen LogP contribution in [-0.2, 0) is 11.3 Å². The summed E-state index contributed by atoms with van der Waals surface area (Å²) in [7, 11) is 1.59. The molecular weight excluding hydrogens is 390 g/mol. The molecule has 0 aliphatic carbocycles. The summed E-state index contributed by atoms with van der Waals surface area (Å²) in [5, 5.41) is 9.85. The molecule has 1 atom stereocenters. The highest BCUT2D eigenvalue weighted by Crippen LogP contribution is 2.29. The van der Waals surface area contributed by atoms with E-state index in [2.05, 4.69) is 0 Å². The van der Waals surface area contributed by atoms with Crippen LogP contribution in [0.1, 0.15) is 26.3 Å². The molecule has 1 saturated heterocycles. The molecule has 0 bridgehead atoms. The molecular formula is C21H31N3O6. The molecule has 1 N–H and O–H groups in total. The first-order valence-corrected chi connectivity index (χ1v) is 10.2. The van der Waals surface area contributed by atoms with Crippen molar-refractivity contribution < 1.29 is 28.9 Å². The standard InChI is InChI=1S/C21H31N3O6/c1-21(2,3)30-20(27)23-9-7-22(8-10-23)19(26)24-12-15-11-17(28-4)5-6-18(15)29-14-16(24)13-25/h5-6,11,16,25H,7-10,12-14H2,1-4H3. The molecule has 1 unspecified atom stereocenters. The summed E-state index contributed by atoms with van der Waals surface area (Å²) in [4.78, 5) is 30.5. The zero-order chi connectivity index (χ0) is 21.9. The molecule has 2 heterocycles. The average Bonchev–Trinajstić information content (AvgIpc) is 2.90. The summed E-state index contributed by atoms with van der Waals surface area (Å²) in [5.74, 6) is 1.36.